The average molecular weight is 392 g/mol. The van der Waals surface area contributed by atoms with Gasteiger partial charge in [-0.05, 0) is 17.7 Å². The minimum atomic E-state index is -0.0788. The molecule has 0 spiro atoms. The lowest BCUT2D eigenvalue weighted by atomic mass is 10.1. The van der Waals surface area contributed by atoms with E-state index < -0.39 is 0 Å². The van der Waals surface area contributed by atoms with Gasteiger partial charge in [-0.2, -0.15) is 0 Å². The smallest absolute Gasteiger partial charge is 0.316 e. The van der Waals surface area contributed by atoms with Crippen molar-refractivity contribution in [2.45, 2.75) is 42.9 Å². The van der Waals surface area contributed by atoms with Crippen LogP contribution in [0.15, 0.2) is 41.6 Å². The Morgan fingerprint density at radius 3 is 2.65 bits per heavy atom. The number of thioether (sulfide) groups is 1. The molecule has 1 amide bonds. The Balaban J connectivity index is 1.50. The number of nitrogens with zero attached hydrogens (tertiary/aromatic N) is 3. The molecule has 138 valence electrons. The lowest BCUT2D eigenvalue weighted by Crippen LogP contribution is -2.32. The maximum Gasteiger partial charge on any atom is 0.316 e. The number of hydrogen-bond donors (Lipinski definition) is 0. The zero-order chi connectivity index (χ0) is 18.5. The number of halogens is 1. The number of ether oxygens (including phenoxy) is 1. The molecule has 1 aliphatic rings. The van der Waals surface area contributed by atoms with Crippen molar-refractivity contribution in [3.63, 3.8) is 0 Å². The van der Waals surface area contributed by atoms with Crippen molar-refractivity contribution in [1.82, 2.24) is 14.9 Å². The van der Waals surface area contributed by atoms with Crippen LogP contribution in [0.5, 0.6) is 6.01 Å². The monoisotopic (exact) mass is 391 g/mol. The maximum atomic E-state index is 12.5. The molecule has 5 nitrogen and oxygen atoms in total. The first-order valence-electron chi connectivity index (χ1n) is 8.67. The predicted molar refractivity (Wildman–Crippen MR) is 104 cm³/mol. The van der Waals surface area contributed by atoms with Crippen LogP contribution in [0.25, 0.3) is 0 Å². The summed E-state index contributed by atoms with van der Waals surface area (Å²) >= 11 is 7.59. The van der Waals surface area contributed by atoms with Crippen molar-refractivity contribution in [3.8, 4) is 6.01 Å². The third-order valence-electron chi connectivity index (χ3n) is 4.02. The summed E-state index contributed by atoms with van der Waals surface area (Å²) in [6.45, 7) is 5.59. The third kappa shape index (κ3) is 5.35. The van der Waals surface area contributed by atoms with Crippen molar-refractivity contribution in [2.24, 2.45) is 0 Å². The highest BCUT2D eigenvalue weighted by Crippen LogP contribution is 2.23. The molecular weight excluding hydrogens is 370 g/mol. The number of hydrogen-bond acceptors (Lipinski definition) is 5. The Hall–Kier alpha value is -1.79. The quantitative estimate of drug-likeness (QED) is 0.700. The van der Waals surface area contributed by atoms with E-state index in [-0.39, 0.29) is 12.0 Å². The molecule has 0 aliphatic carbocycles. The standard InChI is InChI=1S/C19H22ClN3O2S/c1-13(2)26-17-5-3-14(4-6-17)9-18(24)23-8-7-16(12-23)25-19-21-10-15(20)11-22-19/h3-6,10-11,13,16H,7-9,12H2,1-2H3/t16-/m0/s1. The molecule has 2 aromatic rings. The van der Waals surface area contributed by atoms with Crippen LogP contribution in [0.2, 0.25) is 5.02 Å². The molecule has 1 fully saturated rings. The minimum Gasteiger partial charge on any atom is -0.458 e. The van der Waals surface area contributed by atoms with Gasteiger partial charge in [0.1, 0.15) is 6.10 Å². The van der Waals surface area contributed by atoms with Crippen LogP contribution in [0.3, 0.4) is 0 Å². The summed E-state index contributed by atoms with van der Waals surface area (Å²) in [5.41, 5.74) is 1.04. The molecule has 0 saturated carbocycles. The summed E-state index contributed by atoms with van der Waals surface area (Å²) < 4.78 is 5.74. The van der Waals surface area contributed by atoms with Gasteiger partial charge in [0.05, 0.1) is 30.4 Å². The second-order valence-electron chi connectivity index (χ2n) is 6.54. The van der Waals surface area contributed by atoms with Gasteiger partial charge >= 0.3 is 6.01 Å². The van der Waals surface area contributed by atoms with Crippen molar-refractivity contribution >= 4 is 29.3 Å². The van der Waals surface area contributed by atoms with Gasteiger partial charge in [0.15, 0.2) is 0 Å². The Bertz CT molecular complexity index is 737. The van der Waals surface area contributed by atoms with E-state index in [0.717, 1.165) is 12.0 Å². The summed E-state index contributed by atoms with van der Waals surface area (Å²) in [7, 11) is 0. The molecule has 1 atom stereocenters. The molecule has 1 saturated heterocycles. The van der Waals surface area contributed by atoms with Gasteiger partial charge in [0.2, 0.25) is 5.91 Å². The van der Waals surface area contributed by atoms with Gasteiger partial charge in [0.25, 0.3) is 0 Å². The van der Waals surface area contributed by atoms with E-state index in [1.807, 2.05) is 28.8 Å². The van der Waals surface area contributed by atoms with E-state index in [9.17, 15) is 4.79 Å². The van der Waals surface area contributed by atoms with E-state index in [1.165, 1.54) is 17.3 Å². The van der Waals surface area contributed by atoms with Crippen LogP contribution in [-0.4, -0.2) is 45.2 Å². The molecule has 1 aromatic heterocycles. The number of carbonyl (C=O) groups excluding carboxylic acids is 1. The SMILES string of the molecule is CC(C)Sc1ccc(CC(=O)N2CC[C@H](Oc3ncc(Cl)cn3)C2)cc1. The van der Waals surface area contributed by atoms with E-state index >= 15 is 0 Å². The predicted octanol–water partition coefficient (Wildman–Crippen LogP) is 3.85. The zero-order valence-electron chi connectivity index (χ0n) is 14.9. The van der Waals surface area contributed by atoms with E-state index in [0.29, 0.717) is 35.8 Å². The molecule has 3 rings (SSSR count). The fraction of sp³-hybridized carbons (Fsp3) is 0.421. The van der Waals surface area contributed by atoms with Crippen LogP contribution in [0.1, 0.15) is 25.8 Å². The van der Waals surface area contributed by atoms with Crippen LogP contribution in [-0.2, 0) is 11.2 Å². The first-order chi connectivity index (χ1) is 12.5. The fourth-order valence-electron chi connectivity index (χ4n) is 2.81. The van der Waals surface area contributed by atoms with Gasteiger partial charge in [-0.3, -0.25) is 4.79 Å². The van der Waals surface area contributed by atoms with Gasteiger partial charge in [-0.15, -0.1) is 11.8 Å². The molecule has 0 unspecified atom stereocenters. The first-order valence-corrected chi connectivity index (χ1v) is 9.93. The van der Waals surface area contributed by atoms with Crippen molar-refractivity contribution in [2.75, 3.05) is 13.1 Å². The molecule has 0 bridgehead atoms. The molecule has 2 heterocycles. The Morgan fingerprint density at radius 1 is 1.31 bits per heavy atom. The maximum absolute atomic E-state index is 12.5. The van der Waals surface area contributed by atoms with Gasteiger partial charge in [-0.25, -0.2) is 9.97 Å². The van der Waals surface area contributed by atoms with Crippen molar-refractivity contribution in [3.05, 3.63) is 47.2 Å². The number of amides is 1. The summed E-state index contributed by atoms with van der Waals surface area (Å²) in [6.07, 6.45) is 4.12. The molecule has 0 radical (unpaired) electrons. The largest absolute Gasteiger partial charge is 0.458 e. The molecule has 7 heteroatoms. The first kappa shape index (κ1) is 19.0. The van der Waals surface area contributed by atoms with E-state index in [4.69, 9.17) is 16.3 Å². The average Bonchev–Trinajstić information content (AvgIpc) is 3.07. The van der Waals surface area contributed by atoms with Crippen LogP contribution < -0.4 is 4.74 Å². The summed E-state index contributed by atoms with van der Waals surface area (Å²) in [4.78, 5) is 23.7. The third-order valence-corrected chi connectivity index (χ3v) is 5.23. The lowest BCUT2D eigenvalue weighted by molar-refractivity contribution is -0.129. The normalized spacial score (nSPS) is 16.9. The summed E-state index contributed by atoms with van der Waals surface area (Å²) in [6, 6.07) is 8.54. The topological polar surface area (TPSA) is 55.3 Å². The number of benzene rings is 1. The number of rotatable bonds is 6. The van der Waals surface area contributed by atoms with Crippen molar-refractivity contribution in [1.29, 1.82) is 0 Å². The number of aromatic nitrogens is 2. The highest BCUT2D eigenvalue weighted by molar-refractivity contribution is 7.99. The lowest BCUT2D eigenvalue weighted by Gasteiger charge is -2.17. The van der Waals surface area contributed by atoms with Gasteiger partial charge in [0, 0.05) is 23.1 Å². The summed E-state index contributed by atoms with van der Waals surface area (Å²) in [5.74, 6) is 0.123. The fourth-order valence-corrected chi connectivity index (χ4v) is 3.74. The van der Waals surface area contributed by atoms with Crippen LogP contribution in [0.4, 0.5) is 0 Å². The Labute approximate surface area is 163 Å². The zero-order valence-corrected chi connectivity index (χ0v) is 16.5. The van der Waals surface area contributed by atoms with Crippen LogP contribution in [0, 0.1) is 0 Å². The molecule has 1 aliphatic heterocycles. The highest BCUT2D eigenvalue weighted by atomic mass is 35.5. The second-order valence-corrected chi connectivity index (χ2v) is 8.63. The van der Waals surface area contributed by atoms with Gasteiger partial charge < -0.3 is 9.64 Å². The van der Waals surface area contributed by atoms with Crippen LogP contribution >= 0.6 is 23.4 Å². The van der Waals surface area contributed by atoms with Gasteiger partial charge in [-0.1, -0.05) is 37.6 Å². The molecule has 1 aromatic carbocycles. The van der Waals surface area contributed by atoms with E-state index in [1.54, 1.807) is 0 Å². The molecular formula is C19H22ClN3O2S. The summed E-state index contributed by atoms with van der Waals surface area (Å²) in [5, 5.41) is 1.02. The number of carbonyl (C=O) groups is 1. The molecule has 0 N–H and O–H groups in total. The highest BCUT2D eigenvalue weighted by Gasteiger charge is 2.28. The van der Waals surface area contributed by atoms with Crippen molar-refractivity contribution < 1.29 is 9.53 Å². The Kier molecular flexibility index (Phi) is 6.38. The number of likely N-dealkylation sites (tertiary alicyclic amines) is 1. The molecule has 26 heavy (non-hydrogen) atoms. The Morgan fingerprint density at radius 2 is 2.00 bits per heavy atom. The van der Waals surface area contributed by atoms with E-state index in [2.05, 4.69) is 35.9 Å². The second kappa shape index (κ2) is 8.73. The minimum absolute atomic E-state index is 0.0788.